The highest BCUT2D eigenvalue weighted by molar-refractivity contribution is 6.77. The zero-order valence-electron chi connectivity index (χ0n) is 7.22. The third-order valence-electron chi connectivity index (χ3n) is 1.71. The minimum Gasteiger partial charge on any atom is -0.508 e. The maximum absolute atomic E-state index is 11.5. The Kier molecular flexibility index (Phi) is 3.30. The van der Waals surface area contributed by atoms with Gasteiger partial charge in [0.2, 0.25) is 5.78 Å². The third kappa shape index (κ3) is 2.53. The van der Waals surface area contributed by atoms with E-state index in [1.165, 1.54) is 18.2 Å². The predicted molar refractivity (Wildman–Crippen MR) is 57.5 cm³/mol. The fourth-order valence-corrected chi connectivity index (χ4v) is 1.36. The Morgan fingerprint density at radius 3 is 2.36 bits per heavy atom. The molecule has 1 rings (SSSR count). The van der Waals surface area contributed by atoms with Crippen molar-refractivity contribution in [2.75, 3.05) is 0 Å². The number of aryl methyl sites for hydroxylation is 1. The first-order valence-electron chi connectivity index (χ1n) is 3.73. The number of phenols is 1. The second-order valence-corrected chi connectivity index (χ2v) is 5.11. The van der Waals surface area contributed by atoms with Gasteiger partial charge in [-0.1, -0.05) is 34.8 Å². The molecule has 1 aromatic carbocycles. The summed E-state index contributed by atoms with van der Waals surface area (Å²) in [6.45, 7) is 1.66. The van der Waals surface area contributed by atoms with E-state index in [0.29, 0.717) is 11.1 Å². The lowest BCUT2D eigenvalue weighted by Gasteiger charge is -2.11. The van der Waals surface area contributed by atoms with Crippen LogP contribution in [0.3, 0.4) is 0 Å². The van der Waals surface area contributed by atoms with Gasteiger partial charge in [-0.3, -0.25) is 4.79 Å². The lowest BCUT2D eigenvalue weighted by molar-refractivity contribution is 0.0996. The number of hydrogen-bond donors (Lipinski definition) is 1. The van der Waals surface area contributed by atoms with Gasteiger partial charge in [-0.05, 0) is 30.7 Å². The minimum atomic E-state index is -1.96. The van der Waals surface area contributed by atoms with E-state index in [1.54, 1.807) is 6.92 Å². The Morgan fingerprint density at radius 2 is 1.93 bits per heavy atom. The average Bonchev–Trinajstić information content (AvgIpc) is 2.01. The highest BCUT2D eigenvalue weighted by Crippen LogP contribution is 2.32. The second-order valence-electron chi connectivity index (χ2n) is 2.83. The van der Waals surface area contributed by atoms with Crippen LogP contribution in [0.2, 0.25) is 0 Å². The standard InChI is InChI=1S/C9H7Cl3O2/c1-5-4-6(13)2-3-7(5)8(14)9(10,11)12/h2-4,13H,1H3. The predicted octanol–water partition coefficient (Wildman–Crippen LogP) is 3.25. The molecule has 1 aromatic rings. The van der Waals surface area contributed by atoms with Gasteiger partial charge in [0.25, 0.3) is 3.79 Å². The van der Waals surface area contributed by atoms with Crippen LogP contribution in [-0.4, -0.2) is 14.7 Å². The summed E-state index contributed by atoms with van der Waals surface area (Å²) >= 11 is 16.3. The quantitative estimate of drug-likeness (QED) is 0.616. The molecule has 0 saturated carbocycles. The van der Waals surface area contributed by atoms with E-state index in [0.717, 1.165) is 0 Å². The molecular formula is C9H7Cl3O2. The normalized spacial score (nSPS) is 11.4. The van der Waals surface area contributed by atoms with Crippen molar-refractivity contribution in [1.29, 1.82) is 0 Å². The van der Waals surface area contributed by atoms with Crippen molar-refractivity contribution in [3.05, 3.63) is 29.3 Å². The zero-order valence-corrected chi connectivity index (χ0v) is 9.49. The lowest BCUT2D eigenvalue weighted by Crippen LogP contribution is -2.19. The van der Waals surface area contributed by atoms with Crippen molar-refractivity contribution in [1.82, 2.24) is 0 Å². The van der Waals surface area contributed by atoms with Gasteiger partial charge >= 0.3 is 0 Å². The summed E-state index contributed by atoms with van der Waals surface area (Å²) in [4.78, 5) is 11.5. The fourth-order valence-electron chi connectivity index (χ4n) is 1.06. The highest BCUT2D eigenvalue weighted by atomic mass is 35.6. The Labute approximate surface area is 96.4 Å². The number of halogens is 3. The highest BCUT2D eigenvalue weighted by Gasteiger charge is 2.32. The molecule has 0 aromatic heterocycles. The second kappa shape index (κ2) is 3.97. The van der Waals surface area contributed by atoms with Gasteiger partial charge in [0.1, 0.15) is 5.75 Å². The van der Waals surface area contributed by atoms with E-state index in [4.69, 9.17) is 39.9 Å². The lowest BCUT2D eigenvalue weighted by atomic mass is 10.1. The number of benzene rings is 1. The van der Waals surface area contributed by atoms with Gasteiger partial charge in [-0.25, -0.2) is 0 Å². The van der Waals surface area contributed by atoms with Crippen molar-refractivity contribution in [2.45, 2.75) is 10.7 Å². The number of ketones is 1. The first-order chi connectivity index (χ1) is 6.32. The Balaban J connectivity index is 3.15. The molecule has 76 valence electrons. The summed E-state index contributed by atoms with van der Waals surface area (Å²) in [6, 6.07) is 4.23. The van der Waals surface area contributed by atoms with E-state index in [-0.39, 0.29) is 5.75 Å². The van der Waals surface area contributed by atoms with Gasteiger partial charge in [0, 0.05) is 5.56 Å². The molecule has 0 unspecified atom stereocenters. The smallest absolute Gasteiger partial charge is 0.253 e. The topological polar surface area (TPSA) is 37.3 Å². The van der Waals surface area contributed by atoms with Crippen LogP contribution >= 0.6 is 34.8 Å². The first kappa shape index (κ1) is 11.6. The molecule has 0 heterocycles. The van der Waals surface area contributed by atoms with Crippen LogP contribution in [-0.2, 0) is 0 Å². The SMILES string of the molecule is Cc1cc(O)ccc1C(=O)C(Cl)(Cl)Cl. The molecular weight excluding hydrogens is 246 g/mol. The molecule has 0 bridgehead atoms. The maximum Gasteiger partial charge on any atom is 0.253 e. The number of carbonyl (C=O) groups excluding carboxylic acids is 1. The number of alkyl halides is 3. The number of rotatable bonds is 1. The Hall–Kier alpha value is -0.440. The molecule has 14 heavy (non-hydrogen) atoms. The minimum absolute atomic E-state index is 0.0726. The molecule has 0 aliphatic heterocycles. The van der Waals surface area contributed by atoms with Crippen molar-refractivity contribution in [3.8, 4) is 5.75 Å². The van der Waals surface area contributed by atoms with Crippen LogP contribution in [0.15, 0.2) is 18.2 Å². The molecule has 0 radical (unpaired) electrons. The summed E-state index contributed by atoms with van der Waals surface area (Å²) in [5.41, 5.74) is 0.865. The summed E-state index contributed by atoms with van der Waals surface area (Å²) in [7, 11) is 0. The third-order valence-corrected chi connectivity index (χ3v) is 2.23. The van der Waals surface area contributed by atoms with Gasteiger partial charge < -0.3 is 5.11 Å². The van der Waals surface area contributed by atoms with E-state index in [1.807, 2.05) is 0 Å². The van der Waals surface area contributed by atoms with E-state index < -0.39 is 9.58 Å². The van der Waals surface area contributed by atoms with Crippen LogP contribution in [0.25, 0.3) is 0 Å². The largest absolute Gasteiger partial charge is 0.508 e. The van der Waals surface area contributed by atoms with Crippen LogP contribution in [0.5, 0.6) is 5.75 Å². The summed E-state index contributed by atoms with van der Waals surface area (Å²) in [6.07, 6.45) is 0. The maximum atomic E-state index is 11.5. The Bertz CT molecular complexity index is 369. The molecule has 2 nitrogen and oxygen atoms in total. The van der Waals surface area contributed by atoms with Crippen molar-refractivity contribution >= 4 is 40.6 Å². The molecule has 0 amide bonds. The Morgan fingerprint density at radius 1 is 1.36 bits per heavy atom. The van der Waals surface area contributed by atoms with Crippen LogP contribution in [0.1, 0.15) is 15.9 Å². The van der Waals surface area contributed by atoms with Crippen molar-refractivity contribution in [2.24, 2.45) is 0 Å². The van der Waals surface area contributed by atoms with Gasteiger partial charge in [-0.15, -0.1) is 0 Å². The number of hydrogen-bond acceptors (Lipinski definition) is 2. The van der Waals surface area contributed by atoms with E-state index in [2.05, 4.69) is 0 Å². The molecule has 0 aliphatic carbocycles. The molecule has 0 saturated heterocycles. The van der Waals surface area contributed by atoms with E-state index in [9.17, 15) is 4.79 Å². The number of aromatic hydroxyl groups is 1. The summed E-state index contributed by atoms with van der Waals surface area (Å²) < 4.78 is -1.96. The van der Waals surface area contributed by atoms with Crippen molar-refractivity contribution in [3.63, 3.8) is 0 Å². The number of Topliss-reactive ketones (excluding diaryl/α,β-unsaturated/α-hetero) is 1. The van der Waals surface area contributed by atoms with Crippen LogP contribution < -0.4 is 0 Å². The molecule has 0 spiro atoms. The molecule has 0 atom stereocenters. The molecule has 1 N–H and O–H groups in total. The zero-order chi connectivity index (χ0) is 10.9. The molecule has 0 fully saturated rings. The first-order valence-corrected chi connectivity index (χ1v) is 4.87. The van der Waals surface area contributed by atoms with E-state index >= 15 is 0 Å². The van der Waals surface area contributed by atoms with Crippen LogP contribution in [0, 0.1) is 6.92 Å². The summed E-state index contributed by atoms with van der Waals surface area (Å²) in [5.74, 6) is -0.525. The fraction of sp³-hybridized carbons (Fsp3) is 0.222. The summed E-state index contributed by atoms with van der Waals surface area (Å²) in [5, 5.41) is 9.11. The van der Waals surface area contributed by atoms with Gasteiger partial charge in [0.05, 0.1) is 0 Å². The van der Waals surface area contributed by atoms with Crippen LogP contribution in [0.4, 0.5) is 0 Å². The van der Waals surface area contributed by atoms with Gasteiger partial charge in [0.15, 0.2) is 0 Å². The monoisotopic (exact) mass is 252 g/mol. The van der Waals surface area contributed by atoms with Crippen molar-refractivity contribution < 1.29 is 9.90 Å². The molecule has 0 aliphatic rings. The number of phenolic OH excluding ortho intramolecular Hbond substituents is 1. The molecule has 5 heteroatoms. The van der Waals surface area contributed by atoms with Gasteiger partial charge in [-0.2, -0.15) is 0 Å². The number of carbonyl (C=O) groups is 1. The average molecular weight is 254 g/mol.